The number of rotatable bonds is 1. The molecule has 60 valence electrons. The molecule has 2 unspecified atom stereocenters. The first-order valence-corrected chi connectivity index (χ1v) is 4.67. The number of amides is 1. The van der Waals surface area contributed by atoms with Crippen molar-refractivity contribution in [2.24, 2.45) is 11.8 Å². The standard InChI is InChI=1S/C9H13NO/c11-9-8-4-6(8)5-10(9)7-2-1-3-7/h6-8H,1-5H2. The molecule has 11 heavy (non-hydrogen) atoms. The maximum Gasteiger partial charge on any atom is 0.226 e. The molecule has 0 aromatic rings. The maximum atomic E-state index is 11.5. The van der Waals surface area contributed by atoms with Crippen molar-refractivity contribution in [3.8, 4) is 0 Å². The summed E-state index contributed by atoms with van der Waals surface area (Å²) in [4.78, 5) is 13.6. The first kappa shape index (κ1) is 6.04. The third kappa shape index (κ3) is 0.700. The van der Waals surface area contributed by atoms with E-state index in [0.29, 0.717) is 17.9 Å². The summed E-state index contributed by atoms with van der Waals surface area (Å²) in [5.74, 6) is 1.71. The highest BCUT2D eigenvalue weighted by Crippen LogP contribution is 2.48. The zero-order valence-electron chi connectivity index (χ0n) is 6.62. The number of fused-ring (bicyclic) bond motifs is 1. The van der Waals surface area contributed by atoms with Crippen molar-refractivity contribution in [3.05, 3.63) is 0 Å². The first-order valence-electron chi connectivity index (χ1n) is 4.67. The fraction of sp³-hybridized carbons (Fsp3) is 0.889. The van der Waals surface area contributed by atoms with Crippen molar-refractivity contribution in [1.29, 1.82) is 0 Å². The minimum atomic E-state index is 0.468. The molecule has 2 atom stereocenters. The Balaban J connectivity index is 1.74. The summed E-state index contributed by atoms with van der Waals surface area (Å²) in [5, 5.41) is 0. The smallest absolute Gasteiger partial charge is 0.226 e. The highest BCUT2D eigenvalue weighted by Gasteiger charge is 2.53. The molecular weight excluding hydrogens is 138 g/mol. The zero-order valence-corrected chi connectivity index (χ0v) is 6.62. The Morgan fingerprint density at radius 1 is 1.36 bits per heavy atom. The van der Waals surface area contributed by atoms with Crippen LogP contribution in [0.4, 0.5) is 0 Å². The van der Waals surface area contributed by atoms with Crippen LogP contribution >= 0.6 is 0 Å². The topological polar surface area (TPSA) is 20.3 Å². The van der Waals surface area contributed by atoms with Crippen molar-refractivity contribution < 1.29 is 4.79 Å². The average molecular weight is 151 g/mol. The van der Waals surface area contributed by atoms with E-state index in [9.17, 15) is 4.79 Å². The van der Waals surface area contributed by atoms with Crippen LogP contribution in [-0.4, -0.2) is 23.4 Å². The molecule has 0 bridgehead atoms. The van der Waals surface area contributed by atoms with E-state index in [-0.39, 0.29) is 0 Å². The van der Waals surface area contributed by atoms with Crippen LogP contribution in [0.15, 0.2) is 0 Å². The van der Waals surface area contributed by atoms with Gasteiger partial charge in [-0.05, 0) is 31.6 Å². The van der Waals surface area contributed by atoms with Crippen molar-refractivity contribution in [1.82, 2.24) is 4.90 Å². The number of hydrogen-bond acceptors (Lipinski definition) is 1. The van der Waals surface area contributed by atoms with Crippen molar-refractivity contribution in [2.75, 3.05) is 6.54 Å². The van der Waals surface area contributed by atoms with E-state index >= 15 is 0 Å². The molecule has 0 aromatic carbocycles. The molecule has 3 rings (SSSR count). The van der Waals surface area contributed by atoms with Crippen LogP contribution in [0, 0.1) is 11.8 Å². The quantitative estimate of drug-likeness (QED) is 0.548. The first-order chi connectivity index (χ1) is 5.36. The van der Waals surface area contributed by atoms with Crippen LogP contribution in [0.5, 0.6) is 0 Å². The van der Waals surface area contributed by atoms with Crippen molar-refractivity contribution in [2.45, 2.75) is 31.7 Å². The fourth-order valence-corrected chi connectivity index (χ4v) is 2.33. The van der Waals surface area contributed by atoms with Gasteiger partial charge >= 0.3 is 0 Å². The highest BCUT2D eigenvalue weighted by molar-refractivity contribution is 5.84. The van der Waals surface area contributed by atoms with Gasteiger partial charge in [-0.15, -0.1) is 0 Å². The van der Waals surface area contributed by atoms with E-state index in [1.54, 1.807) is 0 Å². The normalized spacial score (nSPS) is 42.2. The number of carbonyl (C=O) groups excluding carboxylic acids is 1. The molecule has 1 aliphatic heterocycles. The largest absolute Gasteiger partial charge is 0.339 e. The van der Waals surface area contributed by atoms with Gasteiger partial charge in [0.05, 0.1) is 0 Å². The van der Waals surface area contributed by atoms with E-state index in [4.69, 9.17) is 0 Å². The van der Waals surface area contributed by atoms with Gasteiger partial charge in [0.25, 0.3) is 0 Å². The summed E-state index contributed by atoms with van der Waals surface area (Å²) in [6.07, 6.45) is 5.07. The monoisotopic (exact) mass is 151 g/mol. The Hall–Kier alpha value is -0.530. The van der Waals surface area contributed by atoms with E-state index in [0.717, 1.165) is 12.5 Å². The molecule has 2 aliphatic carbocycles. The summed E-state index contributed by atoms with van der Waals surface area (Å²) in [6.45, 7) is 1.09. The Bertz CT molecular complexity index is 210. The molecule has 0 radical (unpaired) electrons. The molecule has 3 fully saturated rings. The molecule has 0 N–H and O–H groups in total. The van der Waals surface area contributed by atoms with Gasteiger partial charge in [-0.1, -0.05) is 0 Å². The average Bonchev–Trinajstić information content (AvgIpc) is 2.55. The molecule has 0 aromatic heterocycles. The van der Waals surface area contributed by atoms with E-state index in [2.05, 4.69) is 4.90 Å². The molecular formula is C9H13NO. The predicted molar refractivity (Wildman–Crippen MR) is 40.9 cm³/mol. The summed E-state index contributed by atoms with van der Waals surface area (Å²) >= 11 is 0. The highest BCUT2D eigenvalue weighted by atomic mass is 16.2. The summed E-state index contributed by atoms with van der Waals surface area (Å²) in [7, 11) is 0. The SMILES string of the molecule is O=C1C2CC2CN1C1CCC1. The minimum absolute atomic E-state index is 0.468. The number of likely N-dealkylation sites (tertiary alicyclic amines) is 1. The van der Waals surface area contributed by atoms with Crippen LogP contribution in [0.1, 0.15) is 25.7 Å². The second-order valence-electron chi connectivity index (χ2n) is 4.18. The van der Waals surface area contributed by atoms with Crippen molar-refractivity contribution in [3.63, 3.8) is 0 Å². The maximum absolute atomic E-state index is 11.5. The number of hydrogen-bond donors (Lipinski definition) is 0. The third-order valence-electron chi connectivity index (χ3n) is 3.47. The Labute approximate surface area is 66.6 Å². The number of piperidine rings is 1. The van der Waals surface area contributed by atoms with Crippen LogP contribution < -0.4 is 0 Å². The lowest BCUT2D eigenvalue weighted by Gasteiger charge is -2.35. The van der Waals surface area contributed by atoms with Gasteiger partial charge < -0.3 is 4.90 Å². The molecule has 2 heteroatoms. The molecule has 2 saturated carbocycles. The van der Waals surface area contributed by atoms with Crippen LogP contribution in [0.25, 0.3) is 0 Å². The van der Waals surface area contributed by atoms with E-state index in [1.807, 2.05) is 0 Å². The second kappa shape index (κ2) is 1.79. The van der Waals surface area contributed by atoms with Gasteiger partial charge in [0.2, 0.25) is 5.91 Å². The zero-order chi connectivity index (χ0) is 7.42. The molecule has 1 heterocycles. The Kier molecular flexibility index (Phi) is 0.984. The Morgan fingerprint density at radius 3 is 2.64 bits per heavy atom. The Morgan fingerprint density at radius 2 is 2.18 bits per heavy atom. The van der Waals surface area contributed by atoms with Gasteiger partial charge in [-0.25, -0.2) is 0 Å². The summed E-state index contributed by atoms with van der Waals surface area (Å²) in [6, 6.07) is 0.648. The van der Waals surface area contributed by atoms with Gasteiger partial charge in [0, 0.05) is 18.5 Å². The lowest BCUT2D eigenvalue weighted by atomic mass is 9.91. The van der Waals surface area contributed by atoms with Gasteiger partial charge in [-0.3, -0.25) is 4.79 Å². The lowest BCUT2D eigenvalue weighted by Crippen LogP contribution is -2.42. The molecule has 3 aliphatic rings. The summed E-state index contributed by atoms with van der Waals surface area (Å²) < 4.78 is 0. The van der Waals surface area contributed by atoms with Crippen LogP contribution in [0.2, 0.25) is 0 Å². The second-order valence-corrected chi connectivity index (χ2v) is 4.18. The summed E-state index contributed by atoms with van der Waals surface area (Å²) in [5.41, 5.74) is 0. The molecule has 1 amide bonds. The van der Waals surface area contributed by atoms with Gasteiger partial charge in [0.1, 0.15) is 0 Å². The van der Waals surface area contributed by atoms with E-state index < -0.39 is 0 Å². The third-order valence-corrected chi connectivity index (χ3v) is 3.47. The van der Waals surface area contributed by atoms with E-state index in [1.165, 1.54) is 25.7 Å². The van der Waals surface area contributed by atoms with Crippen LogP contribution in [-0.2, 0) is 4.79 Å². The number of nitrogens with zero attached hydrogens (tertiary/aromatic N) is 1. The van der Waals surface area contributed by atoms with Crippen molar-refractivity contribution >= 4 is 5.91 Å². The lowest BCUT2D eigenvalue weighted by molar-refractivity contribution is -0.133. The minimum Gasteiger partial charge on any atom is -0.339 e. The van der Waals surface area contributed by atoms with Gasteiger partial charge in [-0.2, -0.15) is 0 Å². The molecule has 0 spiro atoms. The van der Waals surface area contributed by atoms with Gasteiger partial charge in [0.15, 0.2) is 0 Å². The van der Waals surface area contributed by atoms with Crippen LogP contribution in [0.3, 0.4) is 0 Å². The predicted octanol–water partition coefficient (Wildman–Crippen LogP) is 1.02. The molecule has 1 saturated heterocycles. The number of carbonyl (C=O) groups is 1. The molecule has 2 nitrogen and oxygen atoms in total. The fourth-order valence-electron chi connectivity index (χ4n) is 2.33.